The number of hydrogen-bond acceptors (Lipinski definition) is 6. The van der Waals surface area contributed by atoms with Crippen molar-refractivity contribution >= 4 is 31.0 Å². The molecule has 3 N–H and O–H groups in total. The van der Waals surface area contributed by atoms with E-state index in [0.29, 0.717) is 22.2 Å². The lowest BCUT2D eigenvalue weighted by Crippen LogP contribution is -2.25. The number of aromatic nitrogens is 1. The molecule has 1 heterocycles. The number of sulfonamides is 2. The molecule has 25 heavy (non-hydrogen) atoms. The molecule has 0 aliphatic carbocycles. The number of nitrogens with one attached hydrogen (secondary N) is 1. The smallest absolute Gasteiger partial charge is 0.238 e. The molecule has 0 aliphatic rings. The summed E-state index contributed by atoms with van der Waals surface area (Å²) in [7, 11) is -7.42. The molecule has 132 valence electrons. The first-order chi connectivity index (χ1) is 11.7. The molecular formula is C15H15N3O5S2. The van der Waals surface area contributed by atoms with E-state index in [1.807, 2.05) is 0 Å². The molecule has 1 aromatic heterocycles. The number of nitrogens with two attached hydrogens (primary N) is 1. The van der Waals surface area contributed by atoms with Gasteiger partial charge in [0.2, 0.25) is 20.0 Å². The maximum Gasteiger partial charge on any atom is 0.238 e. The monoisotopic (exact) mass is 381 g/mol. The van der Waals surface area contributed by atoms with Gasteiger partial charge in [0.1, 0.15) is 11.4 Å². The third-order valence-electron chi connectivity index (χ3n) is 3.53. The highest BCUT2D eigenvalue weighted by Crippen LogP contribution is 2.19. The molecular weight excluding hydrogens is 366 g/mol. The van der Waals surface area contributed by atoms with E-state index in [1.165, 1.54) is 24.3 Å². The first-order valence-electron chi connectivity index (χ1n) is 7.17. The van der Waals surface area contributed by atoms with Gasteiger partial charge < -0.3 is 4.52 Å². The molecule has 0 aliphatic heterocycles. The average Bonchev–Trinajstić information content (AvgIpc) is 2.95. The van der Waals surface area contributed by atoms with Crippen molar-refractivity contribution in [1.82, 2.24) is 9.88 Å². The Bertz CT molecular complexity index is 1100. The Morgan fingerprint density at radius 2 is 1.68 bits per heavy atom. The van der Waals surface area contributed by atoms with Crippen molar-refractivity contribution in [3.05, 3.63) is 59.8 Å². The zero-order chi connectivity index (χ0) is 18.1. The van der Waals surface area contributed by atoms with E-state index in [-0.39, 0.29) is 17.2 Å². The highest BCUT2D eigenvalue weighted by Gasteiger charge is 2.17. The number of hydrogen-bond donors (Lipinski definition) is 2. The van der Waals surface area contributed by atoms with Crippen LogP contribution in [0.25, 0.3) is 11.0 Å². The Balaban J connectivity index is 1.70. The van der Waals surface area contributed by atoms with Crippen molar-refractivity contribution in [3.63, 3.8) is 0 Å². The number of fused-ring (bicyclic) bond motifs is 1. The number of rotatable bonds is 6. The first kappa shape index (κ1) is 17.5. The minimum atomic E-state index is -3.78. The van der Waals surface area contributed by atoms with Gasteiger partial charge in [0.25, 0.3) is 0 Å². The number of benzene rings is 2. The summed E-state index contributed by atoms with van der Waals surface area (Å²) in [6, 6.07) is 12.6. The van der Waals surface area contributed by atoms with Gasteiger partial charge in [-0.25, -0.2) is 26.7 Å². The van der Waals surface area contributed by atoms with Crippen LogP contribution < -0.4 is 9.86 Å². The SMILES string of the molecule is NS(=O)(=O)c1ccc(CNS(=O)(=O)Cc2noc3ccccc23)cc1. The molecule has 2 aromatic carbocycles. The Hall–Kier alpha value is -2.27. The molecule has 3 aromatic rings. The molecule has 8 nitrogen and oxygen atoms in total. The highest BCUT2D eigenvalue weighted by molar-refractivity contribution is 7.89. The minimum absolute atomic E-state index is 0.0169. The van der Waals surface area contributed by atoms with E-state index in [0.717, 1.165) is 0 Å². The fraction of sp³-hybridized carbons (Fsp3) is 0.133. The van der Waals surface area contributed by atoms with Crippen LogP contribution in [0, 0.1) is 0 Å². The van der Waals surface area contributed by atoms with Crippen molar-refractivity contribution < 1.29 is 21.4 Å². The van der Waals surface area contributed by atoms with Gasteiger partial charge in [0.15, 0.2) is 5.58 Å². The van der Waals surface area contributed by atoms with Gasteiger partial charge in [0.05, 0.1) is 4.90 Å². The number of nitrogens with zero attached hydrogens (tertiary/aromatic N) is 1. The quantitative estimate of drug-likeness (QED) is 0.657. The summed E-state index contributed by atoms with van der Waals surface area (Å²) in [6.45, 7) is 0.0169. The van der Waals surface area contributed by atoms with Gasteiger partial charge in [-0.15, -0.1) is 0 Å². The van der Waals surface area contributed by atoms with Crippen LogP contribution in [-0.2, 0) is 32.3 Å². The Morgan fingerprint density at radius 1 is 1.00 bits per heavy atom. The molecule has 0 amide bonds. The lowest BCUT2D eigenvalue weighted by molar-refractivity contribution is 0.448. The van der Waals surface area contributed by atoms with Gasteiger partial charge in [-0.2, -0.15) is 0 Å². The topological polar surface area (TPSA) is 132 Å². The fourth-order valence-corrected chi connectivity index (χ4v) is 3.84. The second-order valence-electron chi connectivity index (χ2n) is 5.39. The van der Waals surface area contributed by atoms with E-state index >= 15 is 0 Å². The van der Waals surface area contributed by atoms with Gasteiger partial charge in [-0.05, 0) is 29.8 Å². The number of primary sulfonamides is 1. The van der Waals surface area contributed by atoms with Crippen LogP contribution in [0.5, 0.6) is 0 Å². The van der Waals surface area contributed by atoms with Gasteiger partial charge in [-0.3, -0.25) is 0 Å². The highest BCUT2D eigenvalue weighted by atomic mass is 32.2. The maximum atomic E-state index is 12.2. The minimum Gasteiger partial charge on any atom is -0.356 e. The third-order valence-corrected chi connectivity index (χ3v) is 5.69. The van der Waals surface area contributed by atoms with Gasteiger partial charge >= 0.3 is 0 Å². The molecule has 0 atom stereocenters. The van der Waals surface area contributed by atoms with Crippen molar-refractivity contribution in [1.29, 1.82) is 0 Å². The van der Waals surface area contributed by atoms with Crippen LogP contribution in [0.2, 0.25) is 0 Å². The van der Waals surface area contributed by atoms with Crippen molar-refractivity contribution in [3.8, 4) is 0 Å². The van der Waals surface area contributed by atoms with Gasteiger partial charge in [0, 0.05) is 11.9 Å². The van der Waals surface area contributed by atoms with E-state index in [9.17, 15) is 16.8 Å². The van der Waals surface area contributed by atoms with Crippen molar-refractivity contribution in [2.24, 2.45) is 5.14 Å². The zero-order valence-electron chi connectivity index (χ0n) is 12.9. The van der Waals surface area contributed by atoms with Crippen LogP contribution in [0.4, 0.5) is 0 Å². The molecule has 0 saturated heterocycles. The lowest BCUT2D eigenvalue weighted by atomic mass is 10.2. The predicted molar refractivity (Wildman–Crippen MR) is 91.3 cm³/mol. The van der Waals surface area contributed by atoms with Crippen molar-refractivity contribution in [2.75, 3.05) is 0 Å². The molecule has 0 saturated carbocycles. The molecule has 0 bridgehead atoms. The second kappa shape index (κ2) is 6.56. The van der Waals surface area contributed by atoms with E-state index in [1.54, 1.807) is 24.3 Å². The Kier molecular flexibility index (Phi) is 4.60. The lowest BCUT2D eigenvalue weighted by Gasteiger charge is -2.06. The molecule has 0 radical (unpaired) electrons. The normalized spacial score (nSPS) is 12.5. The molecule has 3 rings (SSSR count). The van der Waals surface area contributed by atoms with Gasteiger partial charge in [-0.1, -0.05) is 29.4 Å². The van der Waals surface area contributed by atoms with E-state index < -0.39 is 20.0 Å². The summed E-state index contributed by atoms with van der Waals surface area (Å²) >= 11 is 0. The largest absolute Gasteiger partial charge is 0.356 e. The molecule has 0 spiro atoms. The van der Waals surface area contributed by atoms with Crippen LogP contribution in [0.1, 0.15) is 11.3 Å². The van der Waals surface area contributed by atoms with E-state index in [2.05, 4.69) is 9.88 Å². The van der Waals surface area contributed by atoms with Crippen LogP contribution in [0.3, 0.4) is 0 Å². The summed E-state index contributed by atoms with van der Waals surface area (Å²) < 4.78 is 54.4. The Morgan fingerprint density at radius 3 is 2.36 bits per heavy atom. The van der Waals surface area contributed by atoms with Crippen LogP contribution >= 0.6 is 0 Å². The van der Waals surface area contributed by atoms with Crippen LogP contribution in [-0.4, -0.2) is 22.0 Å². The first-order valence-corrected chi connectivity index (χ1v) is 10.4. The Labute approximate surface area is 144 Å². The molecule has 0 fully saturated rings. The van der Waals surface area contributed by atoms with E-state index in [4.69, 9.17) is 9.66 Å². The standard InChI is InChI=1S/C15H15N3O5S2/c16-25(21,22)12-7-5-11(6-8-12)9-17-24(19,20)10-14-13-3-1-2-4-15(13)23-18-14/h1-8,17H,9-10H2,(H2,16,21,22). The predicted octanol–water partition coefficient (Wildman–Crippen LogP) is 1.09. The molecule has 0 unspecified atom stereocenters. The summed E-state index contributed by atoms with van der Waals surface area (Å²) in [5, 5.41) is 9.46. The summed E-state index contributed by atoms with van der Waals surface area (Å²) in [6.07, 6.45) is 0. The zero-order valence-corrected chi connectivity index (χ0v) is 14.5. The summed E-state index contributed by atoms with van der Waals surface area (Å²) in [5.41, 5.74) is 1.44. The summed E-state index contributed by atoms with van der Waals surface area (Å²) in [5.74, 6) is -0.320. The third kappa shape index (κ3) is 4.23. The second-order valence-corrected chi connectivity index (χ2v) is 8.76. The van der Waals surface area contributed by atoms with Crippen molar-refractivity contribution in [2.45, 2.75) is 17.2 Å². The summed E-state index contributed by atoms with van der Waals surface area (Å²) in [4.78, 5) is -0.0341. The average molecular weight is 381 g/mol. The number of para-hydroxylation sites is 1. The fourth-order valence-electron chi connectivity index (χ4n) is 2.26. The maximum absolute atomic E-state index is 12.2. The van der Waals surface area contributed by atoms with Crippen LogP contribution in [0.15, 0.2) is 57.9 Å². The molecule has 10 heteroatoms.